The van der Waals surface area contributed by atoms with Crippen molar-refractivity contribution in [2.24, 2.45) is 0 Å². The maximum atomic E-state index is 8.79. The fraction of sp³-hybridized carbons (Fsp3) is 1.00. The molecule has 0 fully saturated rings. The third-order valence-corrected chi connectivity index (χ3v) is 2.25. The van der Waals surface area contributed by atoms with Crippen molar-refractivity contribution in [3.05, 3.63) is 0 Å². The molecule has 0 saturated carbocycles. The highest BCUT2D eigenvalue weighted by atomic mass is 16.5. The zero-order valence-corrected chi connectivity index (χ0v) is 10.9. The lowest BCUT2D eigenvalue weighted by atomic mass is 10.2. The monoisotopic (exact) mass is 217 g/mol. The van der Waals surface area contributed by atoms with Crippen LogP contribution in [-0.4, -0.2) is 48.0 Å². The molecule has 0 bridgehead atoms. The molecule has 0 unspecified atom stereocenters. The summed E-state index contributed by atoms with van der Waals surface area (Å²) in [6.45, 7) is 13.5. The van der Waals surface area contributed by atoms with Gasteiger partial charge in [-0.3, -0.25) is 4.90 Å². The summed E-state index contributed by atoms with van der Waals surface area (Å²) >= 11 is 0. The second kappa shape index (κ2) is 7.20. The third kappa shape index (κ3) is 8.85. The maximum Gasteiger partial charge on any atom is 0.0600 e. The lowest BCUT2D eigenvalue weighted by Crippen LogP contribution is -2.36. The topological polar surface area (TPSA) is 32.7 Å². The van der Waals surface area contributed by atoms with Crippen LogP contribution < -0.4 is 0 Å². The van der Waals surface area contributed by atoms with Gasteiger partial charge in [-0.2, -0.15) is 0 Å². The van der Waals surface area contributed by atoms with E-state index >= 15 is 0 Å². The molecule has 0 amide bonds. The standard InChI is InChI=1S/C12H27NO2/c1-11(2)13(7-6-9-14)8-10-15-12(3,4)5/h11,14H,6-10H2,1-5H3. The Kier molecular flexibility index (Phi) is 7.14. The van der Waals surface area contributed by atoms with Gasteiger partial charge in [-0.15, -0.1) is 0 Å². The third-order valence-electron chi connectivity index (χ3n) is 2.25. The van der Waals surface area contributed by atoms with E-state index in [4.69, 9.17) is 9.84 Å². The predicted molar refractivity (Wildman–Crippen MR) is 64.1 cm³/mol. The number of ether oxygens (including phenoxy) is 1. The van der Waals surface area contributed by atoms with Gasteiger partial charge in [0.15, 0.2) is 0 Å². The molecule has 0 atom stereocenters. The Labute approximate surface area is 94.4 Å². The van der Waals surface area contributed by atoms with Crippen molar-refractivity contribution >= 4 is 0 Å². The van der Waals surface area contributed by atoms with Crippen LogP contribution in [0.1, 0.15) is 41.0 Å². The molecule has 0 rings (SSSR count). The molecule has 1 N–H and O–H groups in total. The second-order valence-electron chi connectivity index (χ2n) is 5.17. The van der Waals surface area contributed by atoms with E-state index in [0.29, 0.717) is 6.04 Å². The number of nitrogens with zero attached hydrogens (tertiary/aromatic N) is 1. The average molecular weight is 217 g/mol. The van der Waals surface area contributed by atoms with Crippen LogP contribution in [0.4, 0.5) is 0 Å². The van der Waals surface area contributed by atoms with E-state index in [1.807, 2.05) is 0 Å². The highest BCUT2D eigenvalue weighted by Crippen LogP contribution is 2.07. The molecule has 0 aromatic carbocycles. The van der Waals surface area contributed by atoms with Gasteiger partial charge in [-0.1, -0.05) is 0 Å². The van der Waals surface area contributed by atoms with E-state index in [-0.39, 0.29) is 12.2 Å². The van der Waals surface area contributed by atoms with Crippen molar-refractivity contribution in [1.29, 1.82) is 0 Å². The zero-order valence-electron chi connectivity index (χ0n) is 10.9. The first kappa shape index (κ1) is 14.9. The van der Waals surface area contributed by atoms with Crippen molar-refractivity contribution in [1.82, 2.24) is 4.90 Å². The van der Waals surface area contributed by atoms with Gasteiger partial charge < -0.3 is 9.84 Å². The summed E-state index contributed by atoms with van der Waals surface area (Å²) < 4.78 is 5.69. The molecule has 0 heterocycles. The average Bonchev–Trinajstić information content (AvgIpc) is 2.08. The highest BCUT2D eigenvalue weighted by Gasteiger charge is 2.12. The molecule has 3 nitrogen and oxygen atoms in total. The van der Waals surface area contributed by atoms with Gasteiger partial charge in [0.25, 0.3) is 0 Å². The second-order valence-corrected chi connectivity index (χ2v) is 5.17. The summed E-state index contributed by atoms with van der Waals surface area (Å²) in [5, 5.41) is 8.79. The SMILES string of the molecule is CC(C)N(CCCO)CCOC(C)(C)C. The molecule has 0 aliphatic heterocycles. The van der Waals surface area contributed by atoms with Gasteiger partial charge in [-0.05, 0) is 41.0 Å². The van der Waals surface area contributed by atoms with Gasteiger partial charge in [-0.25, -0.2) is 0 Å². The minimum Gasteiger partial charge on any atom is -0.396 e. The number of hydrogen-bond donors (Lipinski definition) is 1. The molecule has 0 saturated heterocycles. The Hall–Kier alpha value is -0.120. The molecular weight excluding hydrogens is 190 g/mol. The Morgan fingerprint density at radius 2 is 1.80 bits per heavy atom. The molecule has 0 radical (unpaired) electrons. The van der Waals surface area contributed by atoms with Crippen LogP contribution in [0.5, 0.6) is 0 Å². The smallest absolute Gasteiger partial charge is 0.0600 e. The molecule has 3 heteroatoms. The molecule has 0 aliphatic carbocycles. The van der Waals surface area contributed by atoms with Crippen molar-refractivity contribution in [3.8, 4) is 0 Å². The van der Waals surface area contributed by atoms with E-state index in [1.165, 1.54) is 0 Å². The first-order valence-corrected chi connectivity index (χ1v) is 5.85. The van der Waals surface area contributed by atoms with Crippen molar-refractivity contribution in [2.45, 2.75) is 52.7 Å². The fourth-order valence-electron chi connectivity index (χ4n) is 1.37. The lowest BCUT2D eigenvalue weighted by Gasteiger charge is -2.28. The fourth-order valence-corrected chi connectivity index (χ4v) is 1.37. The summed E-state index contributed by atoms with van der Waals surface area (Å²) in [5.41, 5.74) is -0.0559. The van der Waals surface area contributed by atoms with Crippen LogP contribution >= 0.6 is 0 Å². The van der Waals surface area contributed by atoms with Crippen molar-refractivity contribution in [2.75, 3.05) is 26.3 Å². The van der Waals surface area contributed by atoms with Crippen molar-refractivity contribution < 1.29 is 9.84 Å². The van der Waals surface area contributed by atoms with Crippen LogP contribution in [0.3, 0.4) is 0 Å². The summed E-state index contributed by atoms with van der Waals surface area (Å²) in [6, 6.07) is 0.514. The largest absolute Gasteiger partial charge is 0.396 e. The zero-order chi connectivity index (χ0) is 11.9. The molecule has 15 heavy (non-hydrogen) atoms. The molecular formula is C12H27NO2. The van der Waals surface area contributed by atoms with Crippen LogP contribution in [0.25, 0.3) is 0 Å². The molecule has 0 aliphatic rings. The summed E-state index contributed by atoms with van der Waals surface area (Å²) in [5.74, 6) is 0. The summed E-state index contributed by atoms with van der Waals surface area (Å²) in [6.07, 6.45) is 0.841. The van der Waals surface area contributed by atoms with Crippen LogP contribution in [0.15, 0.2) is 0 Å². The first-order valence-electron chi connectivity index (χ1n) is 5.85. The Morgan fingerprint density at radius 3 is 2.20 bits per heavy atom. The van der Waals surface area contributed by atoms with Gasteiger partial charge in [0.1, 0.15) is 0 Å². The van der Waals surface area contributed by atoms with E-state index in [9.17, 15) is 0 Å². The predicted octanol–water partition coefficient (Wildman–Crippen LogP) is 1.89. The minimum atomic E-state index is -0.0559. The Bertz CT molecular complexity index is 152. The number of aliphatic hydroxyl groups is 1. The summed E-state index contributed by atoms with van der Waals surface area (Å²) in [4.78, 5) is 2.34. The van der Waals surface area contributed by atoms with Crippen LogP contribution in [-0.2, 0) is 4.74 Å². The van der Waals surface area contributed by atoms with Gasteiger partial charge >= 0.3 is 0 Å². The highest BCUT2D eigenvalue weighted by molar-refractivity contribution is 4.64. The molecule has 0 spiro atoms. The lowest BCUT2D eigenvalue weighted by molar-refractivity contribution is -0.0167. The quantitative estimate of drug-likeness (QED) is 0.707. The van der Waals surface area contributed by atoms with Crippen LogP contribution in [0, 0.1) is 0 Å². The van der Waals surface area contributed by atoms with E-state index in [2.05, 4.69) is 39.5 Å². The van der Waals surface area contributed by atoms with Gasteiger partial charge in [0.05, 0.1) is 12.2 Å². The normalized spacial score (nSPS) is 12.8. The van der Waals surface area contributed by atoms with Crippen LogP contribution in [0.2, 0.25) is 0 Å². The Balaban J connectivity index is 3.76. The first-order chi connectivity index (χ1) is 6.87. The number of hydrogen-bond acceptors (Lipinski definition) is 3. The number of aliphatic hydroxyl groups excluding tert-OH is 1. The van der Waals surface area contributed by atoms with Crippen molar-refractivity contribution in [3.63, 3.8) is 0 Å². The Morgan fingerprint density at radius 1 is 1.20 bits per heavy atom. The number of rotatable bonds is 7. The van der Waals surface area contributed by atoms with E-state index < -0.39 is 0 Å². The molecule has 0 aromatic rings. The van der Waals surface area contributed by atoms with E-state index in [1.54, 1.807) is 0 Å². The van der Waals surface area contributed by atoms with Gasteiger partial charge in [0.2, 0.25) is 0 Å². The van der Waals surface area contributed by atoms with Gasteiger partial charge in [0, 0.05) is 25.7 Å². The van der Waals surface area contributed by atoms with E-state index in [0.717, 1.165) is 26.1 Å². The summed E-state index contributed by atoms with van der Waals surface area (Å²) in [7, 11) is 0. The molecule has 92 valence electrons. The minimum absolute atomic E-state index is 0.0559. The molecule has 0 aromatic heterocycles. The maximum absolute atomic E-state index is 8.79.